The molecule has 122 valence electrons. The van der Waals surface area contributed by atoms with Crippen LogP contribution in [0, 0.1) is 5.92 Å². The van der Waals surface area contributed by atoms with E-state index in [0.717, 1.165) is 12.0 Å². The Balaban J connectivity index is 1.70. The summed E-state index contributed by atoms with van der Waals surface area (Å²) in [6.45, 7) is 4.12. The van der Waals surface area contributed by atoms with Crippen molar-refractivity contribution in [2.24, 2.45) is 5.92 Å². The fraction of sp³-hybridized carbons (Fsp3) is 0.647. The van der Waals surface area contributed by atoms with Gasteiger partial charge in [-0.25, -0.2) is 0 Å². The Kier molecular flexibility index (Phi) is 4.27. The maximum atomic E-state index is 9.91. The Morgan fingerprint density at radius 2 is 2.05 bits per heavy atom. The molecule has 3 rings (SSSR count). The monoisotopic (exact) mass is 308 g/mol. The van der Waals surface area contributed by atoms with Gasteiger partial charge in [0.25, 0.3) is 0 Å². The Bertz CT molecular complexity index is 498. The van der Waals surface area contributed by atoms with Gasteiger partial charge in [-0.1, -0.05) is 30.3 Å². The van der Waals surface area contributed by atoms with Gasteiger partial charge in [-0.05, 0) is 25.8 Å². The van der Waals surface area contributed by atoms with Crippen LogP contribution in [0.1, 0.15) is 25.8 Å². The van der Waals surface area contributed by atoms with E-state index in [2.05, 4.69) is 0 Å². The van der Waals surface area contributed by atoms with Crippen molar-refractivity contribution in [2.45, 2.75) is 50.5 Å². The molecule has 1 aliphatic heterocycles. The van der Waals surface area contributed by atoms with Crippen LogP contribution in [0.25, 0.3) is 0 Å². The Hall–Kier alpha value is -0.980. The van der Waals surface area contributed by atoms with Gasteiger partial charge in [0.1, 0.15) is 17.8 Å². The Morgan fingerprint density at radius 1 is 1.32 bits per heavy atom. The minimum absolute atomic E-state index is 0.0838. The first-order chi connectivity index (χ1) is 10.4. The smallest absolute Gasteiger partial charge is 0.160 e. The van der Waals surface area contributed by atoms with Crippen molar-refractivity contribution >= 4 is 0 Å². The van der Waals surface area contributed by atoms with Crippen LogP contribution in [0.15, 0.2) is 30.3 Å². The second-order valence-electron chi connectivity index (χ2n) is 6.67. The van der Waals surface area contributed by atoms with Crippen molar-refractivity contribution in [3.8, 4) is 0 Å². The van der Waals surface area contributed by atoms with Crippen molar-refractivity contribution in [1.82, 2.24) is 0 Å². The first kappa shape index (κ1) is 15.9. The van der Waals surface area contributed by atoms with E-state index in [1.807, 2.05) is 30.3 Å². The van der Waals surface area contributed by atoms with E-state index < -0.39 is 11.4 Å². The minimum atomic E-state index is -1.24. The molecular weight excluding hydrogens is 284 g/mol. The standard InChI is InChI=1S/C17H24O5/c1-16(2,19)22-14-11-21-17(8-13(17)9-18)15(14)20-10-12-6-4-3-5-7-12/h3-7,13-15,18-19H,8-11H2,1-2H3/t13-,14?,15?,17+/m1/s1. The number of benzene rings is 1. The summed E-state index contributed by atoms with van der Waals surface area (Å²) in [7, 11) is 0. The van der Waals surface area contributed by atoms with E-state index in [-0.39, 0.29) is 24.7 Å². The average Bonchev–Trinajstić information content (AvgIpc) is 3.09. The van der Waals surface area contributed by atoms with E-state index in [9.17, 15) is 10.2 Å². The van der Waals surface area contributed by atoms with Gasteiger partial charge in [-0.3, -0.25) is 0 Å². The molecule has 4 atom stereocenters. The van der Waals surface area contributed by atoms with Crippen LogP contribution in [-0.4, -0.2) is 47.0 Å². The highest BCUT2D eigenvalue weighted by Gasteiger charge is 2.67. The van der Waals surface area contributed by atoms with Crippen LogP contribution in [0.4, 0.5) is 0 Å². The van der Waals surface area contributed by atoms with E-state index in [1.165, 1.54) is 0 Å². The predicted molar refractivity (Wildman–Crippen MR) is 80.1 cm³/mol. The van der Waals surface area contributed by atoms with Gasteiger partial charge in [-0.15, -0.1) is 0 Å². The molecule has 1 saturated heterocycles. The molecule has 2 unspecified atom stereocenters. The van der Waals surface area contributed by atoms with Crippen LogP contribution < -0.4 is 0 Å². The molecule has 1 spiro atoms. The van der Waals surface area contributed by atoms with Crippen molar-refractivity contribution in [3.63, 3.8) is 0 Å². The lowest BCUT2D eigenvalue weighted by molar-refractivity contribution is -0.224. The largest absolute Gasteiger partial charge is 0.396 e. The van der Waals surface area contributed by atoms with Crippen molar-refractivity contribution in [1.29, 1.82) is 0 Å². The molecule has 2 N–H and O–H groups in total. The normalized spacial score (nSPS) is 34.3. The zero-order valence-corrected chi connectivity index (χ0v) is 13.1. The number of ether oxygens (including phenoxy) is 3. The number of rotatable bonds is 6. The van der Waals surface area contributed by atoms with Crippen LogP contribution in [0.2, 0.25) is 0 Å². The first-order valence-corrected chi connectivity index (χ1v) is 7.75. The summed E-state index contributed by atoms with van der Waals surface area (Å²) in [5.41, 5.74) is 0.618. The number of hydrogen-bond donors (Lipinski definition) is 2. The minimum Gasteiger partial charge on any atom is -0.396 e. The summed E-state index contributed by atoms with van der Waals surface area (Å²) in [4.78, 5) is 0. The highest BCUT2D eigenvalue weighted by molar-refractivity contribution is 5.17. The van der Waals surface area contributed by atoms with Crippen molar-refractivity contribution < 1.29 is 24.4 Å². The summed E-state index contributed by atoms with van der Waals surface area (Å²) >= 11 is 0. The molecule has 1 heterocycles. The Labute approximate surface area is 130 Å². The molecule has 0 bridgehead atoms. The number of aliphatic hydroxyl groups is 2. The second-order valence-corrected chi connectivity index (χ2v) is 6.67. The molecule has 0 aromatic heterocycles. The van der Waals surface area contributed by atoms with Crippen molar-refractivity contribution in [2.75, 3.05) is 13.2 Å². The fourth-order valence-corrected chi connectivity index (χ4v) is 3.27. The molecule has 22 heavy (non-hydrogen) atoms. The summed E-state index contributed by atoms with van der Waals surface area (Å²) in [5, 5.41) is 19.3. The van der Waals surface area contributed by atoms with Crippen molar-refractivity contribution in [3.05, 3.63) is 35.9 Å². The summed E-state index contributed by atoms with van der Waals surface area (Å²) in [5.74, 6) is -1.15. The van der Waals surface area contributed by atoms with Gasteiger partial charge < -0.3 is 24.4 Å². The lowest BCUT2D eigenvalue weighted by Crippen LogP contribution is -2.42. The number of aliphatic hydroxyl groups excluding tert-OH is 1. The van der Waals surface area contributed by atoms with Gasteiger partial charge in [0, 0.05) is 12.5 Å². The van der Waals surface area contributed by atoms with Gasteiger partial charge in [0.05, 0.1) is 13.2 Å². The highest BCUT2D eigenvalue weighted by atomic mass is 16.7. The van der Waals surface area contributed by atoms with E-state index in [4.69, 9.17) is 14.2 Å². The summed E-state index contributed by atoms with van der Waals surface area (Å²) in [6.07, 6.45) is 0.158. The Morgan fingerprint density at radius 3 is 2.64 bits per heavy atom. The third kappa shape index (κ3) is 3.19. The van der Waals surface area contributed by atoms with Crippen LogP contribution in [-0.2, 0) is 20.8 Å². The average molecular weight is 308 g/mol. The molecule has 5 heteroatoms. The van der Waals surface area contributed by atoms with Gasteiger partial charge in [0.15, 0.2) is 5.79 Å². The van der Waals surface area contributed by atoms with Gasteiger partial charge in [0.2, 0.25) is 0 Å². The van der Waals surface area contributed by atoms with E-state index in [0.29, 0.717) is 13.2 Å². The third-order valence-corrected chi connectivity index (χ3v) is 4.36. The van der Waals surface area contributed by atoms with Crippen LogP contribution in [0.3, 0.4) is 0 Å². The lowest BCUT2D eigenvalue weighted by atomic mass is 10.1. The zero-order chi connectivity index (χ0) is 15.8. The molecular formula is C17H24O5. The third-order valence-electron chi connectivity index (χ3n) is 4.36. The summed E-state index contributed by atoms with van der Waals surface area (Å²) in [6, 6.07) is 9.91. The molecule has 0 amide bonds. The predicted octanol–water partition coefficient (Wildman–Crippen LogP) is 1.47. The molecule has 1 aromatic carbocycles. The quantitative estimate of drug-likeness (QED) is 0.779. The fourth-order valence-electron chi connectivity index (χ4n) is 3.27. The topological polar surface area (TPSA) is 68.2 Å². The lowest BCUT2D eigenvalue weighted by Gasteiger charge is -2.28. The van der Waals surface area contributed by atoms with E-state index >= 15 is 0 Å². The molecule has 5 nitrogen and oxygen atoms in total. The zero-order valence-electron chi connectivity index (χ0n) is 13.1. The van der Waals surface area contributed by atoms with Crippen LogP contribution >= 0.6 is 0 Å². The second kappa shape index (κ2) is 5.91. The van der Waals surface area contributed by atoms with Gasteiger partial charge >= 0.3 is 0 Å². The molecule has 2 aliphatic rings. The van der Waals surface area contributed by atoms with Crippen LogP contribution in [0.5, 0.6) is 0 Å². The molecule has 1 aromatic rings. The summed E-state index contributed by atoms with van der Waals surface area (Å²) < 4.78 is 17.7. The first-order valence-electron chi connectivity index (χ1n) is 7.75. The SMILES string of the molecule is CC(C)(O)OC1CO[C@]2(C[C@@H]2CO)C1OCc1ccccc1. The van der Waals surface area contributed by atoms with E-state index in [1.54, 1.807) is 13.8 Å². The maximum Gasteiger partial charge on any atom is 0.160 e. The highest BCUT2D eigenvalue weighted by Crippen LogP contribution is 2.55. The molecule has 2 fully saturated rings. The van der Waals surface area contributed by atoms with Gasteiger partial charge in [-0.2, -0.15) is 0 Å². The molecule has 1 aliphatic carbocycles. The molecule has 0 radical (unpaired) electrons. The maximum absolute atomic E-state index is 9.91. The molecule has 1 saturated carbocycles. The number of hydrogen-bond acceptors (Lipinski definition) is 5.